The van der Waals surface area contributed by atoms with E-state index in [-0.39, 0.29) is 127 Å². The van der Waals surface area contributed by atoms with E-state index >= 15 is 24.0 Å². The maximum atomic E-state index is 15.4. The topological polar surface area (TPSA) is 727 Å². The summed E-state index contributed by atoms with van der Waals surface area (Å²) in [5.41, 5.74) is 38.0. The molecule has 0 unspecified atom stereocenters. The summed E-state index contributed by atoms with van der Waals surface area (Å²) in [5, 5.41) is 78.6. The molecular formula is C97H136N22O21. The SMILES string of the molecule is CC[C@H](C)[C@H](NC(=O)[C@H](Cc1c[nH]c2ccccc12)NC(=O)[C@H](Cc1ccccc1)NC(=O)[C@H](Cc1ccc(O)cc1)NC(=O)[C@@H](N)CCC(N)=O)C(=O)N[C@@H](C)C(=O)N[C@@H](Cc1c[nH]c2ccccc12)C(=O)N[C@@H](Cc1ccc(O)cc1)C(=O)N[C@@H](CCCCN)C(=O)N[C@@H](CC(C)C)C(=O)N[C@@H](C)C(=O)N[C@@H](CC(N)=O)C(=O)N[C@@H](CO)C(=O)N[C@@H](CCCCN)C(=O)N[C@@H](CCCCN)C(=O)O. The fraction of sp³-hybridized carbons (Fsp3) is 0.474. The van der Waals surface area contributed by atoms with Gasteiger partial charge in [0.1, 0.15) is 96.1 Å². The Morgan fingerprint density at radius 2 is 0.679 bits per heavy atom. The normalized spacial score (nSPS) is 14.7. The Morgan fingerprint density at radius 1 is 0.343 bits per heavy atom. The first-order valence-corrected chi connectivity index (χ1v) is 46.9. The molecule has 0 aliphatic heterocycles. The van der Waals surface area contributed by atoms with Crippen molar-refractivity contribution in [1.29, 1.82) is 0 Å². The number of H-pyrrole nitrogens is 2. The Kier molecular flexibility index (Phi) is 45.9. The molecule has 43 heteroatoms. The Labute approximate surface area is 810 Å². The van der Waals surface area contributed by atoms with Crippen molar-refractivity contribution in [2.24, 2.45) is 46.2 Å². The number of fused-ring (bicyclic) bond motifs is 2. The summed E-state index contributed by atoms with van der Waals surface area (Å²) in [6.45, 7) is 8.91. The Balaban J connectivity index is 1.11. The molecule has 16 amide bonds. The van der Waals surface area contributed by atoms with Crippen LogP contribution in [0.15, 0.2) is 140 Å². The van der Waals surface area contributed by atoms with Gasteiger partial charge in [-0.25, -0.2) is 4.79 Å². The number of carbonyl (C=O) groups excluding carboxylic acids is 16. The highest BCUT2D eigenvalue weighted by atomic mass is 16.4. The molecule has 16 atom stereocenters. The molecule has 7 aromatic rings. The van der Waals surface area contributed by atoms with E-state index in [0.29, 0.717) is 75.3 Å². The number of rotatable bonds is 61. The Morgan fingerprint density at radius 3 is 1.09 bits per heavy atom. The van der Waals surface area contributed by atoms with Crippen molar-refractivity contribution in [2.45, 2.75) is 254 Å². The number of aliphatic carboxylic acids is 1. The fourth-order valence-electron chi connectivity index (χ4n) is 15.4. The zero-order valence-electron chi connectivity index (χ0n) is 79.6. The molecule has 760 valence electrons. The van der Waals surface area contributed by atoms with Crippen LogP contribution in [0.2, 0.25) is 0 Å². The summed E-state index contributed by atoms with van der Waals surface area (Å²) in [6.07, 6.45) is 2.91. The summed E-state index contributed by atoms with van der Waals surface area (Å²) in [6, 6.07) is 11.4. The number of carboxylic acids is 1. The van der Waals surface area contributed by atoms with Crippen LogP contribution in [0.5, 0.6) is 11.5 Å². The molecule has 43 nitrogen and oxygen atoms in total. The van der Waals surface area contributed by atoms with Gasteiger partial charge in [0.05, 0.1) is 19.1 Å². The third-order valence-corrected chi connectivity index (χ3v) is 23.6. The van der Waals surface area contributed by atoms with E-state index in [2.05, 4.69) is 84.4 Å². The molecule has 140 heavy (non-hydrogen) atoms. The number of hydrogen-bond acceptors (Lipinski definition) is 24. The Hall–Kier alpha value is -14.4. The minimum absolute atomic E-state index is 0.0142. The molecular weight excluding hydrogens is 1810 g/mol. The number of hydrogen-bond donors (Lipinski definition) is 26. The second-order valence-electron chi connectivity index (χ2n) is 35.3. The second kappa shape index (κ2) is 57.1. The van der Waals surface area contributed by atoms with Crippen LogP contribution in [-0.4, -0.2) is 248 Å². The third-order valence-electron chi connectivity index (χ3n) is 23.6. The zero-order valence-corrected chi connectivity index (χ0v) is 79.6. The van der Waals surface area contributed by atoms with Gasteiger partial charge in [-0.2, -0.15) is 0 Å². The number of phenolic OH excluding ortho intramolecular Hbond substituents is 2. The molecule has 0 radical (unpaired) electrons. The number of aromatic amines is 2. The number of phenols is 2. The maximum absolute atomic E-state index is 15.4. The van der Waals surface area contributed by atoms with Crippen LogP contribution in [0.3, 0.4) is 0 Å². The van der Waals surface area contributed by atoms with Gasteiger partial charge in [0.25, 0.3) is 0 Å². The van der Waals surface area contributed by atoms with Gasteiger partial charge >= 0.3 is 5.97 Å². The van der Waals surface area contributed by atoms with Gasteiger partial charge in [-0.15, -0.1) is 0 Å². The predicted molar refractivity (Wildman–Crippen MR) is 519 cm³/mol. The van der Waals surface area contributed by atoms with E-state index in [1.54, 1.807) is 119 Å². The van der Waals surface area contributed by atoms with Crippen molar-refractivity contribution in [2.75, 3.05) is 26.2 Å². The molecule has 0 aliphatic carbocycles. The van der Waals surface area contributed by atoms with E-state index < -0.39 is 210 Å². The van der Waals surface area contributed by atoms with Crippen molar-refractivity contribution in [3.05, 3.63) is 168 Å². The van der Waals surface area contributed by atoms with Crippen LogP contribution in [0.25, 0.3) is 21.8 Å². The van der Waals surface area contributed by atoms with Gasteiger partial charge in [0.15, 0.2) is 0 Å². The van der Waals surface area contributed by atoms with Crippen LogP contribution in [0.1, 0.15) is 159 Å². The van der Waals surface area contributed by atoms with Crippen LogP contribution in [-0.2, 0) is 114 Å². The van der Waals surface area contributed by atoms with Crippen molar-refractivity contribution in [1.82, 2.24) is 84.4 Å². The van der Waals surface area contributed by atoms with E-state index in [1.165, 1.54) is 62.4 Å². The lowest BCUT2D eigenvalue weighted by atomic mass is 9.96. The zero-order chi connectivity index (χ0) is 103. The number of primary amides is 2. The maximum Gasteiger partial charge on any atom is 0.326 e. The number of unbranched alkanes of at least 4 members (excludes halogenated alkanes) is 3. The van der Waals surface area contributed by atoms with Crippen LogP contribution in [0, 0.1) is 11.8 Å². The molecule has 32 N–H and O–H groups in total. The van der Waals surface area contributed by atoms with Gasteiger partial charge in [0.2, 0.25) is 94.5 Å². The molecule has 0 aliphatic rings. The van der Waals surface area contributed by atoms with Gasteiger partial charge in [-0.05, 0) is 180 Å². The number of aliphatic hydroxyl groups excluding tert-OH is 1. The van der Waals surface area contributed by atoms with E-state index in [1.807, 2.05) is 0 Å². The second-order valence-corrected chi connectivity index (χ2v) is 35.3. The summed E-state index contributed by atoms with van der Waals surface area (Å²) in [7, 11) is 0. The van der Waals surface area contributed by atoms with Gasteiger partial charge < -0.3 is 139 Å². The van der Waals surface area contributed by atoms with Gasteiger partial charge in [-0.1, -0.05) is 125 Å². The number of para-hydroxylation sites is 2. The molecule has 0 spiro atoms. The molecule has 2 aromatic heterocycles. The van der Waals surface area contributed by atoms with Gasteiger partial charge in [0, 0.05) is 72.7 Å². The fourth-order valence-corrected chi connectivity index (χ4v) is 15.4. The first-order chi connectivity index (χ1) is 66.7. The number of aromatic nitrogens is 2. The van der Waals surface area contributed by atoms with E-state index in [9.17, 15) is 78.0 Å². The number of benzene rings is 5. The third kappa shape index (κ3) is 36.5. The number of carbonyl (C=O) groups is 17. The highest BCUT2D eigenvalue weighted by molar-refractivity contribution is 6.02. The van der Waals surface area contributed by atoms with Crippen LogP contribution < -0.4 is 109 Å². The van der Waals surface area contributed by atoms with Crippen molar-refractivity contribution in [3.8, 4) is 11.5 Å². The Bertz CT molecular complexity index is 5350. The first-order valence-electron chi connectivity index (χ1n) is 46.9. The summed E-state index contributed by atoms with van der Waals surface area (Å²) >= 11 is 0. The number of aromatic hydroxyl groups is 2. The van der Waals surface area contributed by atoms with Crippen LogP contribution in [0.4, 0.5) is 0 Å². The molecule has 0 saturated heterocycles. The van der Waals surface area contributed by atoms with E-state index in [4.69, 9.17) is 34.4 Å². The molecule has 0 fully saturated rings. The number of nitrogens with one attached hydrogen (secondary N) is 16. The van der Waals surface area contributed by atoms with Crippen molar-refractivity contribution >= 4 is 122 Å². The molecule has 0 saturated carbocycles. The summed E-state index contributed by atoms with van der Waals surface area (Å²) in [4.78, 5) is 247. The largest absolute Gasteiger partial charge is 0.508 e. The van der Waals surface area contributed by atoms with E-state index in [0.717, 1.165) is 0 Å². The lowest BCUT2D eigenvalue weighted by Crippen LogP contribution is -2.62. The minimum atomic E-state index is -1.86. The number of carboxylic acid groups (broad SMARTS) is 1. The molecule has 7 rings (SSSR count). The van der Waals surface area contributed by atoms with Gasteiger partial charge in [-0.3, -0.25) is 76.7 Å². The first kappa shape index (κ1) is 113. The lowest BCUT2D eigenvalue weighted by molar-refractivity contribution is -0.142. The number of aliphatic hydroxyl groups is 1. The minimum Gasteiger partial charge on any atom is -0.508 e. The predicted octanol–water partition coefficient (Wildman–Crippen LogP) is -1.57. The highest BCUT2D eigenvalue weighted by Crippen LogP contribution is 2.24. The molecule has 0 bridgehead atoms. The molecule has 2 heterocycles. The molecule has 5 aromatic carbocycles. The highest BCUT2D eigenvalue weighted by Gasteiger charge is 2.40. The average molecular weight is 1950 g/mol. The smallest absolute Gasteiger partial charge is 0.326 e. The standard InChI is InChI=1S/C97H136N22O21/c1-7-54(4)82(119-94(136)77(48-61-51-105-68-26-14-12-24-65(61)68)117-91(133)74(44-57-21-9-8-10-22-57)115-90(132)73(45-58-30-34-62(121)35-31-58)113-85(127)66(101)38-39-80(102)123)96(138)107-56(6)84(126)111-76(47-60-50-104-67-25-13-11-23-64(60)67)92(134)116-75(46-59-32-36-63(122)37-33-59)89(131)108-70(28-16-19-41-99)87(129)114-72(43-53(2)3)88(130)106-55(5)83(125)112-78(49-81(103)124)93(135)118-79(52-120)95(137)109-69(27-15-18-40-98)86(128)110-71(97(139)140)29-17-20-42-100/h8-14,21-26,30-37,50-51,53-56,66,69-79,82,104-105,120-122H,7,15-20,27-29,38-49,52,98-101H2,1-6H3,(H2,102,123)(H2,103,124)(H,106,130)(H,107,138)(H,108,131)(H,109,137)(H,110,128)(H,111,126)(H,112,125)(H,113,127)(H,114,129)(H,115,132)(H,116,134)(H,117,133)(H,118,135)(H,119,136)(H,139,140)/t54-,55-,56-,66-,69-,70-,71-,72-,73-,74-,75-,76-,77-,78-,79-,82-/m0/s1. The summed E-state index contributed by atoms with van der Waals surface area (Å²) in [5.74, 6) is -17.9. The van der Waals surface area contributed by atoms with Crippen LogP contribution >= 0.6 is 0 Å². The summed E-state index contributed by atoms with van der Waals surface area (Å²) < 4.78 is 0. The average Bonchev–Trinajstić information content (AvgIpc) is 1.65. The number of amides is 16. The quantitative estimate of drug-likeness (QED) is 0.0191. The van der Waals surface area contributed by atoms with Crippen molar-refractivity contribution < 1.29 is 102 Å². The van der Waals surface area contributed by atoms with Crippen molar-refractivity contribution in [3.63, 3.8) is 0 Å². The monoisotopic (exact) mass is 1950 g/mol. The lowest BCUT2D eigenvalue weighted by Gasteiger charge is -2.29. The number of nitrogens with two attached hydrogens (primary N) is 6.